The van der Waals surface area contributed by atoms with Crippen LogP contribution in [0.15, 0.2) is 6.20 Å². The Balaban J connectivity index is 3.11. The maximum atomic E-state index is 12.0. The highest BCUT2D eigenvalue weighted by molar-refractivity contribution is 7.85. The zero-order chi connectivity index (χ0) is 15.4. The summed E-state index contributed by atoms with van der Waals surface area (Å²) < 4.78 is 12.0. The van der Waals surface area contributed by atoms with E-state index in [0.717, 1.165) is 0 Å². The quantitative estimate of drug-likeness (QED) is 0.632. The lowest BCUT2D eigenvalue weighted by Gasteiger charge is -2.11. The molecule has 0 bridgehead atoms. The fourth-order valence-electron chi connectivity index (χ4n) is 1.90. The highest BCUT2D eigenvalue weighted by Gasteiger charge is 2.26. The number of carboxylic acids is 1. The summed E-state index contributed by atoms with van der Waals surface area (Å²) in [5, 5.41) is 19.0. The second-order valence-corrected chi connectivity index (χ2v) is 6.00. The number of pyridine rings is 1. The van der Waals surface area contributed by atoms with Gasteiger partial charge < -0.3 is 5.11 Å². The van der Waals surface area contributed by atoms with E-state index in [1.54, 1.807) is 13.8 Å². The van der Waals surface area contributed by atoms with Crippen molar-refractivity contribution in [1.82, 2.24) is 4.98 Å². The van der Waals surface area contributed by atoms with E-state index in [2.05, 4.69) is 4.98 Å². The van der Waals surface area contributed by atoms with Crippen molar-refractivity contribution in [3.63, 3.8) is 0 Å². The van der Waals surface area contributed by atoms with Crippen molar-refractivity contribution in [2.24, 2.45) is 0 Å². The maximum absolute atomic E-state index is 12.0. The van der Waals surface area contributed by atoms with Crippen LogP contribution in [0.25, 0.3) is 0 Å². The molecule has 0 spiro atoms. The largest absolute Gasteiger partial charge is 0.480 e. The van der Waals surface area contributed by atoms with Crippen molar-refractivity contribution in [1.29, 1.82) is 0 Å². The minimum absolute atomic E-state index is 0.0598. The van der Waals surface area contributed by atoms with E-state index in [9.17, 15) is 19.1 Å². The summed E-state index contributed by atoms with van der Waals surface area (Å²) in [5.74, 6) is -1.23. The van der Waals surface area contributed by atoms with Crippen LogP contribution >= 0.6 is 0 Å². The van der Waals surface area contributed by atoms with Crippen LogP contribution in [0.1, 0.15) is 30.2 Å². The van der Waals surface area contributed by atoms with Gasteiger partial charge in [0, 0.05) is 28.1 Å². The topological polar surface area (TPSA) is 110 Å². The van der Waals surface area contributed by atoms with Crippen LogP contribution in [0.3, 0.4) is 0 Å². The van der Waals surface area contributed by atoms with Crippen molar-refractivity contribution >= 4 is 22.5 Å². The standard InChI is InChI=1S/C12H16N2O5S/c1-4-10(12(15)16)20(19)6-9-8(3)11(14(17)18)7(2)5-13-9/h5,10H,4,6H2,1-3H3,(H,15,16). The molecule has 1 N–H and O–H groups in total. The number of aryl methyl sites for hydroxylation is 1. The molecule has 110 valence electrons. The third-order valence-electron chi connectivity index (χ3n) is 3.00. The Labute approximate surface area is 118 Å². The number of carboxylic acid groups (broad SMARTS) is 1. The van der Waals surface area contributed by atoms with E-state index < -0.39 is 26.9 Å². The Morgan fingerprint density at radius 3 is 2.60 bits per heavy atom. The molecule has 0 saturated carbocycles. The summed E-state index contributed by atoms with van der Waals surface area (Å²) in [7, 11) is -1.66. The van der Waals surface area contributed by atoms with E-state index in [-0.39, 0.29) is 17.9 Å². The van der Waals surface area contributed by atoms with E-state index in [1.807, 2.05) is 0 Å². The smallest absolute Gasteiger partial charge is 0.319 e. The normalized spacial score (nSPS) is 13.8. The molecule has 1 aromatic rings. The van der Waals surface area contributed by atoms with Crippen molar-refractivity contribution in [3.8, 4) is 0 Å². The first-order valence-electron chi connectivity index (χ1n) is 5.99. The van der Waals surface area contributed by atoms with Gasteiger partial charge in [0.25, 0.3) is 5.69 Å². The van der Waals surface area contributed by atoms with Gasteiger partial charge in [0.1, 0.15) is 5.25 Å². The summed E-state index contributed by atoms with van der Waals surface area (Å²) in [4.78, 5) is 25.5. The lowest BCUT2D eigenvalue weighted by Crippen LogP contribution is -2.26. The molecule has 0 aliphatic heterocycles. The Kier molecular flexibility index (Phi) is 5.32. The Bertz CT molecular complexity index is 573. The van der Waals surface area contributed by atoms with E-state index >= 15 is 0 Å². The number of nitrogens with zero attached hydrogens (tertiary/aromatic N) is 2. The van der Waals surface area contributed by atoms with Gasteiger partial charge in [-0.3, -0.25) is 24.1 Å². The van der Waals surface area contributed by atoms with E-state index in [4.69, 9.17) is 5.11 Å². The predicted octanol–water partition coefficient (Wildman–Crippen LogP) is 1.72. The molecule has 1 rings (SSSR count). The molecular formula is C12H16N2O5S. The van der Waals surface area contributed by atoms with E-state index in [1.165, 1.54) is 13.1 Å². The third-order valence-corrected chi connectivity index (χ3v) is 4.73. The number of carbonyl (C=O) groups is 1. The number of nitro groups is 1. The van der Waals surface area contributed by atoms with Gasteiger partial charge in [-0.05, 0) is 20.3 Å². The van der Waals surface area contributed by atoms with Crippen LogP contribution in [0, 0.1) is 24.0 Å². The molecule has 20 heavy (non-hydrogen) atoms. The molecule has 0 radical (unpaired) electrons. The monoisotopic (exact) mass is 300 g/mol. The molecule has 2 atom stereocenters. The summed E-state index contributed by atoms with van der Waals surface area (Å²) in [6.07, 6.45) is 1.58. The number of hydrogen-bond donors (Lipinski definition) is 1. The first-order chi connectivity index (χ1) is 9.29. The number of rotatable bonds is 6. The molecule has 1 heterocycles. The average Bonchev–Trinajstić information content (AvgIpc) is 2.32. The molecule has 0 aliphatic carbocycles. The van der Waals surface area contributed by atoms with Crippen LogP contribution in [-0.4, -0.2) is 30.4 Å². The van der Waals surface area contributed by atoms with Gasteiger partial charge in [0.05, 0.1) is 16.4 Å². The van der Waals surface area contributed by atoms with Crippen LogP contribution in [0.2, 0.25) is 0 Å². The molecule has 8 heteroatoms. The number of aliphatic carboxylic acids is 1. The molecule has 0 fully saturated rings. The van der Waals surface area contributed by atoms with Crippen molar-refractivity contribution in [2.75, 3.05) is 0 Å². The summed E-state index contributed by atoms with van der Waals surface area (Å²) in [6, 6.07) is 0. The zero-order valence-corrected chi connectivity index (χ0v) is 12.3. The third kappa shape index (κ3) is 3.38. The fourth-order valence-corrected chi connectivity index (χ4v) is 3.26. The molecule has 0 aliphatic rings. The molecule has 0 saturated heterocycles. The molecular weight excluding hydrogens is 284 g/mol. The average molecular weight is 300 g/mol. The zero-order valence-electron chi connectivity index (χ0n) is 11.5. The first kappa shape index (κ1) is 16.2. The van der Waals surface area contributed by atoms with Crippen LogP contribution < -0.4 is 0 Å². The second kappa shape index (κ2) is 6.56. The molecule has 1 aromatic heterocycles. The Morgan fingerprint density at radius 1 is 1.55 bits per heavy atom. The molecule has 0 amide bonds. The van der Waals surface area contributed by atoms with Gasteiger partial charge in [-0.25, -0.2) is 0 Å². The number of aromatic nitrogens is 1. The molecule has 0 aromatic carbocycles. The lowest BCUT2D eigenvalue weighted by atomic mass is 10.1. The lowest BCUT2D eigenvalue weighted by molar-refractivity contribution is -0.386. The summed E-state index contributed by atoms with van der Waals surface area (Å²) in [5.41, 5.74) is 1.01. The van der Waals surface area contributed by atoms with Gasteiger partial charge in [0.2, 0.25) is 0 Å². The number of hydrogen-bond acceptors (Lipinski definition) is 5. The Morgan fingerprint density at radius 2 is 2.15 bits per heavy atom. The van der Waals surface area contributed by atoms with Gasteiger partial charge in [-0.1, -0.05) is 6.92 Å². The summed E-state index contributed by atoms with van der Waals surface area (Å²) in [6.45, 7) is 4.74. The van der Waals surface area contributed by atoms with Gasteiger partial charge in [0.15, 0.2) is 0 Å². The highest BCUT2D eigenvalue weighted by Crippen LogP contribution is 2.25. The van der Waals surface area contributed by atoms with Crippen LogP contribution in [0.5, 0.6) is 0 Å². The van der Waals surface area contributed by atoms with Gasteiger partial charge in [-0.15, -0.1) is 0 Å². The van der Waals surface area contributed by atoms with Gasteiger partial charge in [-0.2, -0.15) is 0 Å². The minimum atomic E-state index is -1.66. The molecule has 2 unspecified atom stereocenters. The first-order valence-corrected chi connectivity index (χ1v) is 7.37. The Hall–Kier alpha value is -1.83. The predicted molar refractivity (Wildman–Crippen MR) is 73.9 cm³/mol. The van der Waals surface area contributed by atoms with Crippen LogP contribution in [-0.2, 0) is 21.3 Å². The van der Waals surface area contributed by atoms with Crippen LogP contribution in [0.4, 0.5) is 5.69 Å². The maximum Gasteiger partial charge on any atom is 0.319 e. The SMILES string of the molecule is CCC(C(=O)O)S(=O)Cc1ncc(C)c([N+](=O)[O-])c1C. The van der Waals surface area contributed by atoms with Crippen molar-refractivity contribution in [2.45, 2.75) is 38.2 Å². The summed E-state index contributed by atoms with van der Waals surface area (Å²) >= 11 is 0. The minimum Gasteiger partial charge on any atom is -0.480 e. The van der Waals surface area contributed by atoms with Crippen molar-refractivity contribution in [3.05, 3.63) is 33.1 Å². The van der Waals surface area contributed by atoms with E-state index in [0.29, 0.717) is 16.8 Å². The highest BCUT2D eigenvalue weighted by atomic mass is 32.2. The fraction of sp³-hybridized carbons (Fsp3) is 0.500. The van der Waals surface area contributed by atoms with Gasteiger partial charge >= 0.3 is 5.97 Å². The second-order valence-electron chi connectivity index (χ2n) is 4.38. The molecule has 7 nitrogen and oxygen atoms in total. The van der Waals surface area contributed by atoms with Crippen molar-refractivity contribution < 1.29 is 19.0 Å².